The van der Waals surface area contributed by atoms with Crippen LogP contribution in [0.4, 0.5) is 8.78 Å². The molecule has 0 radical (unpaired) electrons. The lowest BCUT2D eigenvalue weighted by Gasteiger charge is -2.05. The molecule has 94 valence electrons. The molecule has 0 saturated carbocycles. The number of allylic oxidation sites excluding steroid dienone is 1. The first-order valence-corrected chi connectivity index (χ1v) is 6.31. The molecule has 0 heterocycles. The lowest BCUT2D eigenvalue weighted by atomic mass is 10.0. The molecule has 1 rings (SSSR count). The first-order chi connectivity index (χ1) is 8.15. The van der Waals surface area contributed by atoms with Crippen molar-refractivity contribution in [2.75, 3.05) is 0 Å². The molecule has 1 aromatic carbocycles. The fraction of sp³-hybridized carbons (Fsp3) is 0.467. The van der Waals surface area contributed by atoms with Gasteiger partial charge in [0.2, 0.25) is 0 Å². The van der Waals surface area contributed by atoms with Crippen LogP contribution in [0.5, 0.6) is 0 Å². The van der Waals surface area contributed by atoms with Crippen LogP contribution in [0.3, 0.4) is 0 Å². The Labute approximate surface area is 102 Å². The smallest absolute Gasteiger partial charge is 0.126 e. The SMILES string of the molecule is CCCCCC(=Cc1cc(F)cc(F)c1)CC. The second-order valence-electron chi connectivity index (χ2n) is 4.32. The predicted octanol–water partition coefficient (Wildman–Crippen LogP) is 5.34. The topological polar surface area (TPSA) is 0 Å². The summed E-state index contributed by atoms with van der Waals surface area (Å²) >= 11 is 0. The molecule has 0 aliphatic carbocycles. The highest BCUT2D eigenvalue weighted by atomic mass is 19.1. The Bertz CT molecular complexity index is 360. The summed E-state index contributed by atoms with van der Waals surface area (Å²) in [5, 5.41) is 0. The van der Waals surface area contributed by atoms with E-state index in [-0.39, 0.29) is 0 Å². The number of hydrogen-bond acceptors (Lipinski definition) is 0. The summed E-state index contributed by atoms with van der Waals surface area (Å²) in [5.41, 5.74) is 1.87. The lowest BCUT2D eigenvalue weighted by Crippen LogP contribution is -1.86. The molecular formula is C15H20F2. The molecule has 0 fully saturated rings. The number of unbranched alkanes of at least 4 members (excludes halogenated alkanes) is 2. The van der Waals surface area contributed by atoms with Crippen molar-refractivity contribution in [3.63, 3.8) is 0 Å². The van der Waals surface area contributed by atoms with Crippen molar-refractivity contribution in [1.82, 2.24) is 0 Å². The van der Waals surface area contributed by atoms with E-state index >= 15 is 0 Å². The van der Waals surface area contributed by atoms with Crippen molar-refractivity contribution in [2.45, 2.75) is 46.0 Å². The summed E-state index contributed by atoms with van der Waals surface area (Å²) < 4.78 is 26.0. The molecule has 0 amide bonds. The van der Waals surface area contributed by atoms with Gasteiger partial charge in [0.15, 0.2) is 0 Å². The second-order valence-corrected chi connectivity index (χ2v) is 4.32. The van der Waals surface area contributed by atoms with Gasteiger partial charge in [0.05, 0.1) is 0 Å². The minimum absolute atomic E-state index is 0.514. The van der Waals surface area contributed by atoms with Crippen molar-refractivity contribution in [1.29, 1.82) is 0 Å². The zero-order valence-electron chi connectivity index (χ0n) is 10.6. The van der Waals surface area contributed by atoms with Crippen LogP contribution in [0, 0.1) is 11.6 Å². The van der Waals surface area contributed by atoms with E-state index in [0.717, 1.165) is 25.3 Å². The monoisotopic (exact) mass is 238 g/mol. The molecule has 0 spiro atoms. The standard InChI is InChI=1S/C15H20F2/c1-3-5-6-7-12(4-2)8-13-9-14(16)11-15(17)10-13/h8-11H,3-7H2,1-2H3. The van der Waals surface area contributed by atoms with Crippen LogP contribution in [0.2, 0.25) is 0 Å². The highest BCUT2D eigenvalue weighted by Gasteiger charge is 2.00. The van der Waals surface area contributed by atoms with Crippen LogP contribution in [0.15, 0.2) is 23.8 Å². The van der Waals surface area contributed by atoms with E-state index in [1.54, 1.807) is 0 Å². The van der Waals surface area contributed by atoms with Gasteiger partial charge in [-0.25, -0.2) is 8.78 Å². The average Bonchev–Trinajstić information content (AvgIpc) is 2.26. The Morgan fingerprint density at radius 1 is 1.06 bits per heavy atom. The molecule has 17 heavy (non-hydrogen) atoms. The zero-order valence-corrected chi connectivity index (χ0v) is 10.6. The summed E-state index contributed by atoms with van der Waals surface area (Å²) in [6.07, 6.45) is 7.39. The number of halogens is 2. The molecule has 0 aliphatic heterocycles. The van der Waals surface area contributed by atoms with E-state index in [4.69, 9.17) is 0 Å². The summed E-state index contributed by atoms with van der Waals surface area (Å²) in [6.45, 7) is 4.24. The quantitative estimate of drug-likeness (QED) is 0.587. The van der Waals surface area contributed by atoms with E-state index in [1.807, 2.05) is 6.08 Å². The molecule has 0 aliphatic rings. The molecule has 0 atom stereocenters. The third-order valence-corrected chi connectivity index (χ3v) is 2.81. The normalized spacial score (nSPS) is 11.9. The van der Waals surface area contributed by atoms with Gasteiger partial charge in [0.25, 0.3) is 0 Å². The molecule has 0 unspecified atom stereocenters. The Morgan fingerprint density at radius 3 is 2.24 bits per heavy atom. The maximum absolute atomic E-state index is 13.0. The Morgan fingerprint density at radius 2 is 1.71 bits per heavy atom. The van der Waals surface area contributed by atoms with Crippen molar-refractivity contribution in [2.24, 2.45) is 0 Å². The van der Waals surface area contributed by atoms with Gasteiger partial charge in [-0.3, -0.25) is 0 Å². The summed E-state index contributed by atoms with van der Waals surface area (Å²) in [5.74, 6) is -1.03. The van der Waals surface area contributed by atoms with Crippen LogP contribution in [0.25, 0.3) is 6.08 Å². The largest absolute Gasteiger partial charge is 0.207 e. The summed E-state index contributed by atoms with van der Waals surface area (Å²) in [4.78, 5) is 0. The van der Waals surface area contributed by atoms with Crippen LogP contribution >= 0.6 is 0 Å². The molecule has 0 nitrogen and oxygen atoms in total. The van der Waals surface area contributed by atoms with Crippen molar-refractivity contribution in [3.8, 4) is 0 Å². The highest BCUT2D eigenvalue weighted by molar-refractivity contribution is 5.52. The van der Waals surface area contributed by atoms with Crippen LogP contribution in [-0.2, 0) is 0 Å². The molecule has 0 N–H and O–H groups in total. The average molecular weight is 238 g/mol. The first kappa shape index (κ1) is 13.9. The minimum Gasteiger partial charge on any atom is -0.207 e. The minimum atomic E-state index is -0.514. The number of benzene rings is 1. The fourth-order valence-corrected chi connectivity index (χ4v) is 1.85. The van der Waals surface area contributed by atoms with E-state index in [0.29, 0.717) is 5.56 Å². The van der Waals surface area contributed by atoms with E-state index < -0.39 is 11.6 Å². The van der Waals surface area contributed by atoms with E-state index in [2.05, 4.69) is 13.8 Å². The molecular weight excluding hydrogens is 218 g/mol. The third-order valence-electron chi connectivity index (χ3n) is 2.81. The van der Waals surface area contributed by atoms with Gasteiger partial charge in [0, 0.05) is 6.07 Å². The van der Waals surface area contributed by atoms with Gasteiger partial charge in [-0.2, -0.15) is 0 Å². The lowest BCUT2D eigenvalue weighted by molar-refractivity contribution is 0.583. The van der Waals surface area contributed by atoms with Gasteiger partial charge in [0.1, 0.15) is 11.6 Å². The van der Waals surface area contributed by atoms with Crippen molar-refractivity contribution < 1.29 is 8.78 Å². The Balaban J connectivity index is 2.75. The fourth-order valence-electron chi connectivity index (χ4n) is 1.85. The molecule has 2 heteroatoms. The number of hydrogen-bond donors (Lipinski definition) is 0. The van der Waals surface area contributed by atoms with Crippen molar-refractivity contribution >= 4 is 6.08 Å². The van der Waals surface area contributed by atoms with E-state index in [1.165, 1.54) is 30.5 Å². The van der Waals surface area contributed by atoms with Gasteiger partial charge in [-0.1, -0.05) is 38.3 Å². The summed E-state index contributed by atoms with van der Waals surface area (Å²) in [6, 6.07) is 3.65. The predicted molar refractivity (Wildman–Crippen MR) is 68.8 cm³/mol. The van der Waals surface area contributed by atoms with Crippen LogP contribution < -0.4 is 0 Å². The molecule has 0 bridgehead atoms. The van der Waals surface area contributed by atoms with Crippen LogP contribution in [0.1, 0.15) is 51.5 Å². The maximum Gasteiger partial charge on any atom is 0.126 e. The van der Waals surface area contributed by atoms with Gasteiger partial charge in [-0.15, -0.1) is 0 Å². The molecule has 1 aromatic rings. The Hall–Kier alpha value is -1.18. The van der Waals surface area contributed by atoms with Gasteiger partial charge in [-0.05, 0) is 37.0 Å². The van der Waals surface area contributed by atoms with Crippen LogP contribution in [-0.4, -0.2) is 0 Å². The maximum atomic E-state index is 13.0. The van der Waals surface area contributed by atoms with Crippen molar-refractivity contribution in [3.05, 3.63) is 41.0 Å². The highest BCUT2D eigenvalue weighted by Crippen LogP contribution is 2.18. The third kappa shape index (κ3) is 5.12. The molecule has 0 saturated heterocycles. The molecule has 0 aromatic heterocycles. The summed E-state index contributed by atoms with van der Waals surface area (Å²) in [7, 11) is 0. The van der Waals surface area contributed by atoms with Gasteiger partial charge >= 0.3 is 0 Å². The van der Waals surface area contributed by atoms with Gasteiger partial charge < -0.3 is 0 Å². The number of rotatable bonds is 6. The zero-order chi connectivity index (χ0) is 12.7. The van der Waals surface area contributed by atoms with E-state index in [9.17, 15) is 8.78 Å². The first-order valence-electron chi connectivity index (χ1n) is 6.31. The Kier molecular flexibility index (Phi) is 5.88. The second kappa shape index (κ2) is 7.21.